The van der Waals surface area contributed by atoms with Crippen LogP contribution in [0.25, 0.3) is 0 Å². The van der Waals surface area contributed by atoms with Gasteiger partial charge in [-0.25, -0.2) is 0 Å². The van der Waals surface area contributed by atoms with E-state index in [4.69, 9.17) is 8.94 Å². The van der Waals surface area contributed by atoms with E-state index in [-0.39, 0.29) is 5.25 Å². The molecule has 21 heavy (non-hydrogen) atoms. The van der Waals surface area contributed by atoms with E-state index in [1.165, 1.54) is 11.8 Å². The summed E-state index contributed by atoms with van der Waals surface area (Å²) in [4.78, 5) is 4.34. The molecule has 0 aliphatic heterocycles. The molecule has 7 nitrogen and oxygen atoms in total. The third kappa shape index (κ3) is 3.15. The highest BCUT2D eigenvalue weighted by Gasteiger charge is 2.18. The van der Waals surface area contributed by atoms with Gasteiger partial charge in [0.2, 0.25) is 5.89 Å². The summed E-state index contributed by atoms with van der Waals surface area (Å²) < 4.78 is 12.5. The van der Waals surface area contributed by atoms with Crippen molar-refractivity contribution < 1.29 is 8.94 Å². The van der Waals surface area contributed by atoms with E-state index in [0.29, 0.717) is 12.4 Å². The normalized spacial score (nSPS) is 12.7. The molecule has 0 fully saturated rings. The van der Waals surface area contributed by atoms with Crippen LogP contribution in [0.4, 0.5) is 0 Å². The maximum Gasteiger partial charge on any atom is 0.239 e. The van der Waals surface area contributed by atoms with Gasteiger partial charge in [0.05, 0.1) is 18.1 Å². The zero-order valence-electron chi connectivity index (χ0n) is 11.8. The fourth-order valence-corrected chi connectivity index (χ4v) is 2.65. The first-order valence-corrected chi connectivity index (χ1v) is 7.53. The van der Waals surface area contributed by atoms with E-state index < -0.39 is 0 Å². The van der Waals surface area contributed by atoms with E-state index in [1.54, 1.807) is 12.6 Å². The highest BCUT2D eigenvalue weighted by atomic mass is 32.2. The lowest BCUT2D eigenvalue weighted by Crippen LogP contribution is -2.00. The molecule has 8 heteroatoms. The summed E-state index contributed by atoms with van der Waals surface area (Å²) in [5.41, 5.74) is 0. The van der Waals surface area contributed by atoms with Gasteiger partial charge in [0.1, 0.15) is 12.1 Å². The van der Waals surface area contributed by atoms with Crippen LogP contribution in [0.5, 0.6) is 0 Å². The first-order chi connectivity index (χ1) is 10.3. The van der Waals surface area contributed by atoms with Crippen molar-refractivity contribution in [3.8, 4) is 0 Å². The second kappa shape index (κ2) is 6.13. The minimum absolute atomic E-state index is 0.0114. The minimum atomic E-state index is 0.0114. The third-order valence-electron chi connectivity index (χ3n) is 2.92. The van der Waals surface area contributed by atoms with E-state index in [2.05, 4.69) is 20.3 Å². The Morgan fingerprint density at radius 2 is 2.33 bits per heavy atom. The van der Waals surface area contributed by atoms with Crippen LogP contribution in [0.1, 0.15) is 36.6 Å². The van der Waals surface area contributed by atoms with Crippen molar-refractivity contribution in [1.82, 2.24) is 24.9 Å². The van der Waals surface area contributed by atoms with Crippen LogP contribution < -0.4 is 0 Å². The monoisotopic (exact) mass is 305 g/mol. The van der Waals surface area contributed by atoms with Gasteiger partial charge in [0, 0.05) is 6.42 Å². The predicted molar refractivity (Wildman–Crippen MR) is 75.8 cm³/mol. The molecule has 110 valence electrons. The molecule has 0 aliphatic rings. The SMILES string of the molecule is CCc1noc(C(C)Sc2nncn2Cc2ccco2)n1. The lowest BCUT2D eigenvalue weighted by Gasteiger charge is -2.07. The Labute approximate surface area is 125 Å². The second-order valence-corrected chi connectivity index (χ2v) is 5.79. The van der Waals surface area contributed by atoms with Gasteiger partial charge in [-0.3, -0.25) is 0 Å². The summed E-state index contributed by atoms with van der Waals surface area (Å²) in [5.74, 6) is 2.18. The van der Waals surface area contributed by atoms with Crippen molar-refractivity contribution in [2.24, 2.45) is 0 Å². The number of thioether (sulfide) groups is 1. The van der Waals surface area contributed by atoms with Gasteiger partial charge in [0.15, 0.2) is 11.0 Å². The van der Waals surface area contributed by atoms with Gasteiger partial charge in [-0.1, -0.05) is 23.8 Å². The topological polar surface area (TPSA) is 82.8 Å². The number of nitrogens with zero attached hydrogens (tertiary/aromatic N) is 5. The van der Waals surface area contributed by atoms with Crippen molar-refractivity contribution >= 4 is 11.8 Å². The summed E-state index contributed by atoms with van der Waals surface area (Å²) >= 11 is 1.53. The van der Waals surface area contributed by atoms with E-state index in [0.717, 1.165) is 23.2 Å². The predicted octanol–water partition coefficient (Wildman–Crippen LogP) is 2.72. The molecule has 3 heterocycles. The Morgan fingerprint density at radius 3 is 3.05 bits per heavy atom. The molecule has 0 amide bonds. The maximum atomic E-state index is 5.34. The van der Waals surface area contributed by atoms with Gasteiger partial charge in [-0.05, 0) is 19.1 Å². The Morgan fingerprint density at radius 1 is 1.43 bits per heavy atom. The molecule has 3 aromatic heterocycles. The Bertz CT molecular complexity index is 691. The van der Waals surface area contributed by atoms with Crippen LogP contribution >= 0.6 is 11.8 Å². The van der Waals surface area contributed by atoms with Gasteiger partial charge in [-0.2, -0.15) is 4.98 Å². The Balaban J connectivity index is 1.71. The van der Waals surface area contributed by atoms with E-state index in [9.17, 15) is 0 Å². The molecule has 0 bridgehead atoms. The number of aryl methyl sites for hydroxylation is 1. The van der Waals surface area contributed by atoms with Crippen molar-refractivity contribution in [3.63, 3.8) is 0 Å². The summed E-state index contributed by atoms with van der Waals surface area (Å²) in [6.07, 6.45) is 4.10. The molecular formula is C13H15N5O2S. The molecule has 0 saturated carbocycles. The molecular weight excluding hydrogens is 290 g/mol. The standard InChI is InChI=1S/C13H15N5O2S/c1-3-11-15-12(20-17-11)9(2)21-13-16-14-8-18(13)7-10-5-4-6-19-10/h4-6,8-9H,3,7H2,1-2H3. The quantitative estimate of drug-likeness (QED) is 0.647. The fourth-order valence-electron chi connectivity index (χ4n) is 1.80. The molecule has 0 radical (unpaired) electrons. The highest BCUT2D eigenvalue weighted by Crippen LogP contribution is 2.32. The number of hydrogen-bond donors (Lipinski definition) is 0. The summed E-state index contributed by atoms with van der Waals surface area (Å²) in [6, 6.07) is 3.78. The second-order valence-electron chi connectivity index (χ2n) is 4.48. The largest absolute Gasteiger partial charge is 0.467 e. The van der Waals surface area contributed by atoms with Crippen molar-refractivity contribution in [1.29, 1.82) is 0 Å². The molecule has 0 aliphatic carbocycles. The van der Waals surface area contributed by atoms with Crippen LogP contribution in [-0.4, -0.2) is 24.9 Å². The van der Waals surface area contributed by atoms with E-state index >= 15 is 0 Å². The van der Waals surface area contributed by atoms with Crippen LogP contribution in [0.3, 0.4) is 0 Å². The van der Waals surface area contributed by atoms with Crippen LogP contribution in [0.2, 0.25) is 0 Å². The molecule has 1 unspecified atom stereocenters. The molecule has 3 rings (SSSR count). The number of aromatic nitrogens is 5. The first-order valence-electron chi connectivity index (χ1n) is 6.65. The van der Waals surface area contributed by atoms with Crippen molar-refractivity contribution in [3.05, 3.63) is 42.2 Å². The zero-order chi connectivity index (χ0) is 14.7. The maximum absolute atomic E-state index is 5.34. The van der Waals surface area contributed by atoms with E-state index in [1.807, 2.05) is 30.5 Å². The Hall–Kier alpha value is -2.09. The minimum Gasteiger partial charge on any atom is -0.467 e. The highest BCUT2D eigenvalue weighted by molar-refractivity contribution is 7.99. The number of rotatable bonds is 6. The molecule has 1 atom stereocenters. The molecule has 0 spiro atoms. The summed E-state index contributed by atoms with van der Waals surface area (Å²) in [7, 11) is 0. The Kier molecular flexibility index (Phi) is 4.05. The lowest BCUT2D eigenvalue weighted by molar-refractivity contribution is 0.375. The smallest absolute Gasteiger partial charge is 0.239 e. The average molecular weight is 305 g/mol. The van der Waals surface area contributed by atoms with Gasteiger partial charge >= 0.3 is 0 Å². The van der Waals surface area contributed by atoms with Crippen molar-refractivity contribution in [2.75, 3.05) is 0 Å². The summed E-state index contributed by atoms with van der Waals surface area (Å²) in [6.45, 7) is 4.59. The molecule has 3 aromatic rings. The molecule has 0 N–H and O–H groups in total. The van der Waals surface area contributed by atoms with Gasteiger partial charge in [0.25, 0.3) is 0 Å². The molecule has 0 saturated heterocycles. The lowest BCUT2D eigenvalue weighted by atomic mass is 10.4. The number of furan rings is 1. The fraction of sp³-hybridized carbons (Fsp3) is 0.385. The van der Waals surface area contributed by atoms with Crippen LogP contribution in [0, 0.1) is 0 Å². The van der Waals surface area contributed by atoms with Gasteiger partial charge in [-0.15, -0.1) is 10.2 Å². The van der Waals surface area contributed by atoms with Crippen LogP contribution in [-0.2, 0) is 13.0 Å². The third-order valence-corrected chi connectivity index (χ3v) is 4.00. The molecule has 0 aromatic carbocycles. The average Bonchev–Trinajstić information content (AvgIpc) is 3.21. The van der Waals surface area contributed by atoms with Crippen LogP contribution in [0.15, 0.2) is 38.8 Å². The summed E-state index contributed by atoms with van der Waals surface area (Å²) in [5, 5.41) is 12.8. The first kappa shape index (κ1) is 13.9. The zero-order valence-corrected chi connectivity index (χ0v) is 12.6. The van der Waals surface area contributed by atoms with Gasteiger partial charge < -0.3 is 13.5 Å². The number of hydrogen-bond acceptors (Lipinski definition) is 7. The van der Waals surface area contributed by atoms with Crippen molar-refractivity contribution in [2.45, 2.75) is 37.2 Å².